The minimum atomic E-state index is -0.463. The van der Waals surface area contributed by atoms with Crippen molar-refractivity contribution in [1.82, 2.24) is 5.32 Å². The number of benzene rings is 2. The highest BCUT2D eigenvalue weighted by atomic mass is 32.1. The normalized spacial score (nSPS) is 14.7. The van der Waals surface area contributed by atoms with E-state index in [9.17, 15) is 9.18 Å². The molecule has 0 atom stereocenters. The van der Waals surface area contributed by atoms with Crippen LogP contribution in [0.4, 0.5) is 10.1 Å². The summed E-state index contributed by atoms with van der Waals surface area (Å²) in [7, 11) is 0. The summed E-state index contributed by atoms with van der Waals surface area (Å²) in [4.78, 5) is 13.6. The molecule has 136 valence electrons. The van der Waals surface area contributed by atoms with Crippen LogP contribution in [0.1, 0.15) is 15.9 Å². The molecule has 2 aromatic carbocycles. The molecular weight excluding hydrogens is 353 g/mol. The number of ether oxygens (including phenoxy) is 1. The van der Waals surface area contributed by atoms with Gasteiger partial charge in [-0.1, -0.05) is 18.2 Å². The second-order valence-electron chi connectivity index (χ2n) is 6.15. The second kappa shape index (κ2) is 8.84. The Kier molecular flexibility index (Phi) is 6.27. The number of hydrogen-bond acceptors (Lipinski definition) is 3. The van der Waals surface area contributed by atoms with Gasteiger partial charge in [0.05, 0.1) is 13.2 Å². The molecule has 0 aromatic heterocycles. The molecule has 1 saturated heterocycles. The van der Waals surface area contributed by atoms with Crippen molar-refractivity contribution in [2.45, 2.75) is 6.54 Å². The van der Waals surface area contributed by atoms with Crippen LogP contribution >= 0.6 is 12.2 Å². The quantitative estimate of drug-likeness (QED) is 0.708. The predicted molar refractivity (Wildman–Crippen MR) is 102 cm³/mol. The molecule has 0 aliphatic carbocycles. The molecule has 0 bridgehead atoms. The minimum absolute atomic E-state index is 0.172. The van der Waals surface area contributed by atoms with Crippen LogP contribution in [-0.2, 0) is 11.3 Å². The van der Waals surface area contributed by atoms with E-state index in [1.165, 1.54) is 34.7 Å². The first-order valence-corrected chi connectivity index (χ1v) is 8.89. The molecule has 1 amide bonds. The van der Waals surface area contributed by atoms with Gasteiger partial charge in [0.15, 0.2) is 5.11 Å². The number of carbonyl (C=O) groups excluding carboxylic acids is 1. The number of hydrogen-bond donors (Lipinski definition) is 3. The van der Waals surface area contributed by atoms with Gasteiger partial charge in [0.1, 0.15) is 25.5 Å². The van der Waals surface area contributed by atoms with Crippen molar-refractivity contribution in [3.05, 3.63) is 65.5 Å². The summed E-state index contributed by atoms with van der Waals surface area (Å²) < 4.78 is 18.6. The van der Waals surface area contributed by atoms with E-state index in [4.69, 9.17) is 17.0 Å². The Morgan fingerprint density at radius 2 is 1.88 bits per heavy atom. The summed E-state index contributed by atoms with van der Waals surface area (Å²) in [5.41, 5.74) is 2.25. The zero-order valence-corrected chi connectivity index (χ0v) is 15.1. The van der Waals surface area contributed by atoms with E-state index in [1.54, 1.807) is 0 Å². The number of carbonyl (C=O) groups is 1. The number of anilines is 1. The van der Waals surface area contributed by atoms with Gasteiger partial charge < -0.3 is 15.0 Å². The molecule has 3 rings (SSSR count). The van der Waals surface area contributed by atoms with Crippen molar-refractivity contribution >= 4 is 28.9 Å². The minimum Gasteiger partial charge on any atom is -0.370 e. The molecular formula is C19H21FN3O2S+. The summed E-state index contributed by atoms with van der Waals surface area (Å²) in [5.74, 6) is -0.913. The number of halogens is 1. The number of nitrogens with one attached hydrogen (secondary N) is 3. The molecule has 26 heavy (non-hydrogen) atoms. The van der Waals surface area contributed by atoms with Gasteiger partial charge in [-0.05, 0) is 42.5 Å². The Bertz CT molecular complexity index is 777. The molecule has 1 aliphatic rings. The lowest BCUT2D eigenvalue weighted by atomic mass is 10.2. The van der Waals surface area contributed by atoms with E-state index in [2.05, 4.69) is 10.6 Å². The standard InChI is InChI=1S/C19H20FN3O2S/c20-16-3-1-2-15(12-16)18(24)22-19(26)21-17-6-4-14(5-7-17)13-23-8-10-25-11-9-23/h1-7,12H,8-11,13H2,(H2,21,22,24,26)/p+1. The average molecular weight is 374 g/mol. The third kappa shape index (κ3) is 5.32. The highest BCUT2D eigenvalue weighted by Gasteiger charge is 2.14. The Labute approximate surface area is 157 Å². The number of rotatable bonds is 4. The topological polar surface area (TPSA) is 54.8 Å². The molecule has 1 heterocycles. The van der Waals surface area contributed by atoms with Crippen molar-refractivity contribution in [2.75, 3.05) is 31.6 Å². The summed E-state index contributed by atoms with van der Waals surface area (Å²) in [5, 5.41) is 5.69. The average Bonchev–Trinajstić information content (AvgIpc) is 2.64. The van der Waals surface area contributed by atoms with Crippen LogP contribution < -0.4 is 15.5 Å². The van der Waals surface area contributed by atoms with E-state index >= 15 is 0 Å². The highest BCUT2D eigenvalue weighted by molar-refractivity contribution is 7.80. The summed E-state index contributed by atoms with van der Waals surface area (Å²) in [6, 6.07) is 13.4. The maximum Gasteiger partial charge on any atom is 0.257 e. The largest absolute Gasteiger partial charge is 0.370 e. The number of morpholine rings is 1. The number of thiocarbonyl (C=S) groups is 1. The van der Waals surface area contributed by atoms with Crippen molar-refractivity contribution in [3.8, 4) is 0 Å². The van der Waals surface area contributed by atoms with Crippen LogP contribution in [-0.4, -0.2) is 37.3 Å². The van der Waals surface area contributed by atoms with Gasteiger partial charge in [-0.15, -0.1) is 0 Å². The van der Waals surface area contributed by atoms with Gasteiger partial charge in [-0.25, -0.2) is 4.39 Å². The molecule has 0 unspecified atom stereocenters. The van der Waals surface area contributed by atoms with Crippen LogP contribution in [0.15, 0.2) is 48.5 Å². The van der Waals surface area contributed by atoms with Gasteiger partial charge in [-0.2, -0.15) is 0 Å². The van der Waals surface area contributed by atoms with E-state index in [1.807, 2.05) is 24.3 Å². The first-order valence-electron chi connectivity index (χ1n) is 8.48. The Balaban J connectivity index is 1.51. The fraction of sp³-hybridized carbons (Fsp3) is 0.263. The molecule has 3 N–H and O–H groups in total. The Hall–Kier alpha value is -2.35. The summed E-state index contributed by atoms with van der Waals surface area (Å²) in [6.07, 6.45) is 0. The highest BCUT2D eigenvalue weighted by Crippen LogP contribution is 2.09. The third-order valence-corrected chi connectivity index (χ3v) is 4.38. The molecule has 7 heteroatoms. The van der Waals surface area contributed by atoms with E-state index in [0.29, 0.717) is 0 Å². The van der Waals surface area contributed by atoms with Crippen LogP contribution in [0.3, 0.4) is 0 Å². The summed E-state index contributed by atoms with van der Waals surface area (Å²) in [6.45, 7) is 4.64. The maximum atomic E-state index is 13.2. The van der Waals surface area contributed by atoms with Gasteiger partial charge in [0.2, 0.25) is 0 Å². The van der Waals surface area contributed by atoms with Gasteiger partial charge in [0, 0.05) is 16.8 Å². The fourth-order valence-corrected chi connectivity index (χ4v) is 3.01. The van der Waals surface area contributed by atoms with Crippen molar-refractivity contribution in [2.24, 2.45) is 0 Å². The molecule has 5 nitrogen and oxygen atoms in total. The SMILES string of the molecule is O=C(NC(=S)Nc1ccc(C[NH+]2CCOCC2)cc1)c1cccc(F)c1. The van der Waals surface area contributed by atoms with Crippen molar-refractivity contribution < 1.29 is 18.8 Å². The molecule has 1 fully saturated rings. The number of amides is 1. The fourth-order valence-electron chi connectivity index (χ4n) is 2.80. The lowest BCUT2D eigenvalue weighted by molar-refractivity contribution is -0.921. The third-order valence-electron chi connectivity index (χ3n) is 4.18. The monoisotopic (exact) mass is 374 g/mol. The molecule has 0 saturated carbocycles. The zero-order valence-electron chi connectivity index (χ0n) is 14.3. The van der Waals surface area contributed by atoms with Crippen LogP contribution in [0.25, 0.3) is 0 Å². The van der Waals surface area contributed by atoms with Crippen LogP contribution in [0.2, 0.25) is 0 Å². The van der Waals surface area contributed by atoms with Gasteiger partial charge in [-0.3, -0.25) is 10.1 Å². The summed E-state index contributed by atoms with van der Waals surface area (Å²) >= 11 is 5.15. The molecule has 1 aliphatic heterocycles. The first-order chi connectivity index (χ1) is 12.6. The van der Waals surface area contributed by atoms with E-state index in [0.717, 1.165) is 38.5 Å². The van der Waals surface area contributed by atoms with Crippen molar-refractivity contribution in [1.29, 1.82) is 0 Å². The number of quaternary nitrogens is 1. The Morgan fingerprint density at radius 1 is 1.15 bits per heavy atom. The second-order valence-corrected chi connectivity index (χ2v) is 6.56. The predicted octanol–water partition coefficient (Wildman–Crippen LogP) is 1.37. The van der Waals surface area contributed by atoms with Gasteiger partial charge in [0.25, 0.3) is 5.91 Å². The Morgan fingerprint density at radius 3 is 2.58 bits per heavy atom. The van der Waals surface area contributed by atoms with E-state index < -0.39 is 11.7 Å². The van der Waals surface area contributed by atoms with Gasteiger partial charge >= 0.3 is 0 Å². The first kappa shape index (κ1) is 18.4. The smallest absolute Gasteiger partial charge is 0.257 e. The maximum absolute atomic E-state index is 13.2. The lowest BCUT2D eigenvalue weighted by Crippen LogP contribution is -3.12. The molecule has 0 spiro atoms. The lowest BCUT2D eigenvalue weighted by Gasteiger charge is -2.23. The molecule has 0 radical (unpaired) electrons. The van der Waals surface area contributed by atoms with E-state index in [-0.39, 0.29) is 10.7 Å². The molecule has 2 aromatic rings. The van der Waals surface area contributed by atoms with Crippen LogP contribution in [0.5, 0.6) is 0 Å². The van der Waals surface area contributed by atoms with Crippen molar-refractivity contribution in [3.63, 3.8) is 0 Å². The van der Waals surface area contributed by atoms with Crippen LogP contribution in [0, 0.1) is 5.82 Å². The zero-order chi connectivity index (χ0) is 18.4.